The molecule has 5 heteroatoms. The van der Waals surface area contributed by atoms with Gasteiger partial charge in [0.15, 0.2) is 0 Å². The van der Waals surface area contributed by atoms with Gasteiger partial charge in [-0.1, -0.05) is 27.5 Å². The van der Waals surface area contributed by atoms with Crippen molar-refractivity contribution >= 4 is 44.3 Å². The summed E-state index contributed by atoms with van der Waals surface area (Å²) in [6, 6.07) is 8.73. The molecule has 20 heavy (non-hydrogen) atoms. The molecule has 1 aliphatic rings. The van der Waals surface area contributed by atoms with Crippen LogP contribution in [0.4, 0.5) is 5.82 Å². The third kappa shape index (κ3) is 2.65. The van der Waals surface area contributed by atoms with Crippen LogP contribution in [0.5, 0.6) is 0 Å². The number of benzene rings is 1. The molecular formula is C15H17BrClN3. The van der Waals surface area contributed by atoms with Gasteiger partial charge in [-0.05, 0) is 44.8 Å². The van der Waals surface area contributed by atoms with E-state index in [-0.39, 0.29) is 0 Å². The van der Waals surface area contributed by atoms with Gasteiger partial charge in [0.25, 0.3) is 0 Å². The zero-order valence-electron chi connectivity index (χ0n) is 11.6. The quantitative estimate of drug-likeness (QED) is 0.818. The van der Waals surface area contributed by atoms with Crippen molar-refractivity contribution in [1.82, 2.24) is 9.88 Å². The Morgan fingerprint density at radius 2 is 2.15 bits per heavy atom. The number of anilines is 1. The lowest BCUT2D eigenvalue weighted by molar-refractivity contribution is 0.315. The summed E-state index contributed by atoms with van der Waals surface area (Å²) < 4.78 is 0.985. The molecule has 1 unspecified atom stereocenters. The van der Waals surface area contributed by atoms with Gasteiger partial charge in [0.1, 0.15) is 5.82 Å². The molecule has 1 aliphatic heterocycles. The summed E-state index contributed by atoms with van der Waals surface area (Å²) >= 11 is 9.76. The Bertz CT molecular complexity index is 644. The van der Waals surface area contributed by atoms with Crippen molar-refractivity contribution in [2.45, 2.75) is 12.5 Å². The van der Waals surface area contributed by atoms with Crippen LogP contribution in [0.3, 0.4) is 0 Å². The van der Waals surface area contributed by atoms with Gasteiger partial charge in [0.2, 0.25) is 0 Å². The molecule has 0 spiro atoms. The number of halogens is 2. The molecule has 0 bridgehead atoms. The predicted octanol–water partition coefficient (Wildman–Crippen LogP) is 3.79. The average Bonchev–Trinajstić information content (AvgIpc) is 2.88. The van der Waals surface area contributed by atoms with Crippen molar-refractivity contribution in [3.8, 4) is 0 Å². The Morgan fingerprint density at radius 1 is 1.35 bits per heavy atom. The lowest BCUT2D eigenvalue weighted by Gasteiger charge is -2.21. The van der Waals surface area contributed by atoms with E-state index in [1.165, 1.54) is 6.42 Å². The van der Waals surface area contributed by atoms with Crippen molar-refractivity contribution in [3.05, 3.63) is 33.8 Å². The number of fused-ring (bicyclic) bond motifs is 1. The number of nitrogens with zero attached hydrogens (tertiary/aromatic N) is 3. The summed E-state index contributed by atoms with van der Waals surface area (Å²) in [5.41, 5.74) is 0.876. The van der Waals surface area contributed by atoms with Gasteiger partial charge in [-0.2, -0.15) is 0 Å². The molecular weight excluding hydrogens is 338 g/mol. The van der Waals surface area contributed by atoms with Gasteiger partial charge in [0.05, 0.1) is 10.5 Å². The van der Waals surface area contributed by atoms with Gasteiger partial charge in [0, 0.05) is 29.0 Å². The van der Waals surface area contributed by atoms with Crippen molar-refractivity contribution in [3.63, 3.8) is 0 Å². The second kappa shape index (κ2) is 5.51. The van der Waals surface area contributed by atoms with Gasteiger partial charge in [-0.15, -0.1) is 0 Å². The van der Waals surface area contributed by atoms with Gasteiger partial charge in [-0.25, -0.2) is 4.98 Å². The zero-order valence-corrected chi connectivity index (χ0v) is 13.9. The smallest absolute Gasteiger partial charge is 0.129 e. The minimum Gasteiger partial charge on any atom is -0.355 e. The molecule has 0 saturated carbocycles. The average molecular weight is 355 g/mol. The molecule has 106 valence electrons. The first-order valence-electron chi connectivity index (χ1n) is 6.72. The van der Waals surface area contributed by atoms with E-state index in [0.29, 0.717) is 11.1 Å². The maximum absolute atomic E-state index is 6.30. The monoisotopic (exact) mass is 353 g/mol. The lowest BCUT2D eigenvalue weighted by atomic mass is 10.2. The van der Waals surface area contributed by atoms with Crippen molar-refractivity contribution in [2.75, 3.05) is 32.1 Å². The highest BCUT2D eigenvalue weighted by atomic mass is 79.9. The Balaban J connectivity index is 1.94. The first-order chi connectivity index (χ1) is 9.54. The summed E-state index contributed by atoms with van der Waals surface area (Å²) in [5, 5.41) is 1.76. The molecule has 3 nitrogen and oxygen atoms in total. The number of hydrogen-bond donors (Lipinski definition) is 0. The second-order valence-corrected chi connectivity index (χ2v) is 6.80. The van der Waals surface area contributed by atoms with E-state index in [1.54, 1.807) is 0 Å². The zero-order chi connectivity index (χ0) is 14.3. The van der Waals surface area contributed by atoms with Crippen molar-refractivity contribution in [2.24, 2.45) is 0 Å². The molecule has 1 atom stereocenters. The Labute approximate surface area is 132 Å². The molecule has 2 heterocycles. The number of likely N-dealkylation sites (N-methyl/N-ethyl adjacent to an activating group) is 1. The molecule has 1 aromatic heterocycles. The molecule has 1 saturated heterocycles. The normalized spacial score (nSPS) is 19.2. The Kier molecular flexibility index (Phi) is 3.89. The highest BCUT2D eigenvalue weighted by Gasteiger charge is 2.25. The number of pyridine rings is 1. The highest BCUT2D eigenvalue weighted by Crippen LogP contribution is 2.29. The van der Waals surface area contributed by atoms with E-state index in [9.17, 15) is 0 Å². The van der Waals surface area contributed by atoms with Crippen LogP contribution in [0.25, 0.3) is 10.9 Å². The van der Waals surface area contributed by atoms with Crippen LogP contribution in [-0.4, -0.2) is 43.1 Å². The first kappa shape index (κ1) is 14.1. The Hall–Kier alpha value is -0.840. The van der Waals surface area contributed by atoms with Crippen LogP contribution < -0.4 is 4.90 Å². The third-order valence-electron chi connectivity index (χ3n) is 3.91. The minimum atomic E-state index is 0.605. The molecule has 3 rings (SSSR count). The molecule has 0 amide bonds. The molecule has 0 aliphatic carbocycles. The topological polar surface area (TPSA) is 19.4 Å². The van der Waals surface area contributed by atoms with Crippen LogP contribution in [0.15, 0.2) is 28.7 Å². The number of hydrogen-bond acceptors (Lipinski definition) is 3. The van der Waals surface area contributed by atoms with E-state index in [1.807, 2.05) is 12.1 Å². The standard InChI is InChI=1S/C15H17BrClN3/c1-19(2)12-5-6-20(9-12)14-4-3-10-7-11(16)8-13(17)15(10)18-14/h3-4,7-8,12H,5-6,9H2,1-2H3. The maximum atomic E-state index is 6.30. The van der Waals surface area contributed by atoms with Gasteiger partial charge in [-0.3, -0.25) is 0 Å². The molecule has 0 N–H and O–H groups in total. The fourth-order valence-electron chi connectivity index (χ4n) is 2.69. The summed E-state index contributed by atoms with van der Waals surface area (Å²) in [4.78, 5) is 9.36. The summed E-state index contributed by atoms with van der Waals surface area (Å²) in [7, 11) is 4.27. The molecule has 1 aromatic carbocycles. The summed E-state index contributed by atoms with van der Waals surface area (Å²) in [5.74, 6) is 1.02. The molecule has 2 aromatic rings. The fourth-order valence-corrected chi connectivity index (χ4v) is 3.57. The number of aromatic nitrogens is 1. The van der Waals surface area contributed by atoms with Crippen LogP contribution in [0, 0.1) is 0 Å². The lowest BCUT2D eigenvalue weighted by Crippen LogP contribution is -2.31. The van der Waals surface area contributed by atoms with E-state index < -0.39 is 0 Å². The highest BCUT2D eigenvalue weighted by molar-refractivity contribution is 9.10. The molecule has 0 radical (unpaired) electrons. The van der Waals surface area contributed by atoms with Crippen molar-refractivity contribution < 1.29 is 0 Å². The number of rotatable bonds is 2. The van der Waals surface area contributed by atoms with E-state index in [0.717, 1.165) is 34.3 Å². The van der Waals surface area contributed by atoms with Crippen LogP contribution in [-0.2, 0) is 0 Å². The van der Waals surface area contributed by atoms with E-state index in [4.69, 9.17) is 16.6 Å². The fraction of sp³-hybridized carbons (Fsp3) is 0.400. The van der Waals surface area contributed by atoms with Gasteiger partial charge < -0.3 is 9.80 Å². The maximum Gasteiger partial charge on any atom is 0.129 e. The minimum absolute atomic E-state index is 0.605. The Morgan fingerprint density at radius 3 is 2.85 bits per heavy atom. The van der Waals surface area contributed by atoms with Crippen molar-refractivity contribution in [1.29, 1.82) is 0 Å². The van der Waals surface area contributed by atoms with Gasteiger partial charge >= 0.3 is 0 Å². The molecule has 1 fully saturated rings. The second-order valence-electron chi connectivity index (χ2n) is 5.48. The predicted molar refractivity (Wildman–Crippen MR) is 88.8 cm³/mol. The van der Waals surface area contributed by atoms with E-state index in [2.05, 4.69) is 52.0 Å². The van der Waals surface area contributed by atoms with E-state index >= 15 is 0 Å². The first-order valence-corrected chi connectivity index (χ1v) is 7.89. The third-order valence-corrected chi connectivity index (χ3v) is 4.66. The van der Waals surface area contributed by atoms with Crippen LogP contribution in [0.2, 0.25) is 5.02 Å². The van der Waals surface area contributed by atoms with Crippen LogP contribution >= 0.6 is 27.5 Å². The summed E-state index contributed by atoms with van der Waals surface area (Å²) in [6.45, 7) is 2.08. The SMILES string of the molecule is CN(C)C1CCN(c2ccc3cc(Br)cc(Cl)c3n2)C1. The summed E-state index contributed by atoms with van der Waals surface area (Å²) in [6.07, 6.45) is 1.18. The van der Waals surface area contributed by atoms with Crippen LogP contribution in [0.1, 0.15) is 6.42 Å². The largest absolute Gasteiger partial charge is 0.355 e.